The minimum Gasteiger partial charge on any atom is -0.482 e. The largest absolute Gasteiger partial charge is 0.482 e. The number of hydrogen-bond acceptors (Lipinski definition) is 9. The number of carboxylic acid groups (broad SMARTS) is 1. The Morgan fingerprint density at radius 3 is 2.59 bits per heavy atom. The first-order valence-electron chi connectivity index (χ1n) is 14.0. The quantitative estimate of drug-likeness (QED) is 0.279. The molecule has 0 saturated carbocycles. The van der Waals surface area contributed by atoms with Crippen molar-refractivity contribution in [1.29, 1.82) is 5.26 Å². The third kappa shape index (κ3) is 6.29. The summed E-state index contributed by atoms with van der Waals surface area (Å²) >= 11 is 0. The van der Waals surface area contributed by atoms with Gasteiger partial charge in [0.2, 0.25) is 5.88 Å². The van der Waals surface area contributed by atoms with Crippen molar-refractivity contribution in [2.45, 2.75) is 51.2 Å². The number of nitriles is 1. The molecule has 2 aliphatic rings. The summed E-state index contributed by atoms with van der Waals surface area (Å²) in [5.74, 6) is -2.85. The molecule has 14 heteroatoms. The molecule has 1 atom stereocenters. The summed E-state index contributed by atoms with van der Waals surface area (Å²) in [4.78, 5) is 26.7. The second kappa shape index (κ2) is 12.5. The molecule has 11 nitrogen and oxygen atoms in total. The maximum atomic E-state index is 14.8. The van der Waals surface area contributed by atoms with Crippen molar-refractivity contribution < 1.29 is 37.3 Å². The van der Waals surface area contributed by atoms with Crippen LogP contribution >= 0.6 is 0 Å². The van der Waals surface area contributed by atoms with Crippen molar-refractivity contribution in [2.75, 3.05) is 19.7 Å². The molecule has 44 heavy (non-hydrogen) atoms. The molecule has 0 unspecified atom stereocenters. The number of ether oxygens (including phenoxy) is 3. The molecule has 4 heterocycles. The Morgan fingerprint density at radius 1 is 1.09 bits per heavy atom. The monoisotopic (exact) mass is 608 g/mol. The molecule has 4 aromatic rings. The highest BCUT2D eigenvalue weighted by molar-refractivity contribution is 5.92. The van der Waals surface area contributed by atoms with Crippen molar-refractivity contribution in [1.82, 2.24) is 24.4 Å². The van der Waals surface area contributed by atoms with Gasteiger partial charge in [-0.05, 0) is 37.5 Å². The molecule has 2 aliphatic heterocycles. The molecule has 0 spiro atoms. The summed E-state index contributed by atoms with van der Waals surface area (Å²) in [6.45, 7) is 2.66. The number of halogens is 3. The third-order valence-corrected chi connectivity index (χ3v) is 7.68. The normalized spacial score (nSPS) is 17.3. The van der Waals surface area contributed by atoms with E-state index >= 15 is 0 Å². The average molecular weight is 609 g/mol. The van der Waals surface area contributed by atoms with E-state index in [1.807, 2.05) is 4.57 Å². The number of fused-ring (bicyclic) bond motifs is 1. The number of hydrogen-bond donors (Lipinski definition) is 1. The number of aromatic carboxylic acids is 1. The van der Waals surface area contributed by atoms with Gasteiger partial charge in [-0.3, -0.25) is 4.90 Å². The van der Waals surface area contributed by atoms with Crippen LogP contribution in [0.3, 0.4) is 0 Å². The van der Waals surface area contributed by atoms with E-state index in [1.54, 1.807) is 12.1 Å². The summed E-state index contributed by atoms with van der Waals surface area (Å²) < 4.78 is 61.7. The molecule has 6 rings (SSSR count). The lowest BCUT2D eigenvalue weighted by atomic mass is 10.1. The molecule has 2 saturated heterocycles. The van der Waals surface area contributed by atoms with Crippen LogP contribution in [-0.2, 0) is 24.4 Å². The van der Waals surface area contributed by atoms with Crippen LogP contribution in [0, 0.1) is 28.8 Å². The van der Waals surface area contributed by atoms with Crippen molar-refractivity contribution in [2.24, 2.45) is 0 Å². The van der Waals surface area contributed by atoms with Gasteiger partial charge in [0.05, 0.1) is 35.8 Å². The van der Waals surface area contributed by atoms with Gasteiger partial charge in [0, 0.05) is 38.0 Å². The van der Waals surface area contributed by atoms with E-state index in [2.05, 4.69) is 19.9 Å². The van der Waals surface area contributed by atoms with Gasteiger partial charge in [-0.2, -0.15) is 10.2 Å². The fourth-order valence-corrected chi connectivity index (χ4v) is 5.25. The Bertz CT molecular complexity index is 1750. The van der Waals surface area contributed by atoms with E-state index in [1.165, 1.54) is 12.3 Å². The predicted octanol–water partition coefficient (Wildman–Crippen LogP) is 4.22. The maximum absolute atomic E-state index is 14.8. The molecule has 228 valence electrons. The van der Waals surface area contributed by atoms with Crippen molar-refractivity contribution in [3.05, 3.63) is 76.8 Å². The Labute approximate surface area is 249 Å². The summed E-state index contributed by atoms with van der Waals surface area (Å²) in [5, 5.41) is 18.3. The zero-order valence-corrected chi connectivity index (χ0v) is 23.4. The minimum absolute atomic E-state index is 0.0331. The number of aromatic nitrogens is 4. The van der Waals surface area contributed by atoms with Crippen molar-refractivity contribution >= 4 is 17.0 Å². The number of benzene rings is 2. The molecule has 0 bridgehead atoms. The van der Waals surface area contributed by atoms with E-state index < -0.39 is 29.0 Å². The van der Waals surface area contributed by atoms with Crippen LogP contribution < -0.4 is 9.47 Å². The van der Waals surface area contributed by atoms with Gasteiger partial charge in [-0.15, -0.1) is 0 Å². The first-order chi connectivity index (χ1) is 21.3. The van der Waals surface area contributed by atoms with Gasteiger partial charge in [0.15, 0.2) is 23.2 Å². The van der Waals surface area contributed by atoms with Crippen LogP contribution in [0.5, 0.6) is 11.6 Å². The lowest BCUT2D eigenvalue weighted by Gasteiger charge is -2.32. The minimum atomic E-state index is -1.21. The Kier molecular flexibility index (Phi) is 8.32. The predicted molar refractivity (Wildman–Crippen MR) is 147 cm³/mol. The fourth-order valence-electron chi connectivity index (χ4n) is 5.25. The number of rotatable bonds is 10. The number of piperidine rings is 1. The van der Waals surface area contributed by atoms with Crippen LogP contribution in [0.2, 0.25) is 0 Å². The molecular weight excluding hydrogens is 581 g/mol. The van der Waals surface area contributed by atoms with Gasteiger partial charge in [-0.1, -0.05) is 0 Å². The van der Waals surface area contributed by atoms with Gasteiger partial charge >= 0.3 is 5.97 Å². The molecule has 0 amide bonds. The van der Waals surface area contributed by atoms with E-state index in [-0.39, 0.29) is 41.5 Å². The second-order valence-corrected chi connectivity index (χ2v) is 10.6. The highest BCUT2D eigenvalue weighted by Crippen LogP contribution is 2.27. The van der Waals surface area contributed by atoms with Crippen LogP contribution in [0.1, 0.15) is 46.8 Å². The summed E-state index contributed by atoms with van der Waals surface area (Å²) in [7, 11) is 0. The van der Waals surface area contributed by atoms with Crippen LogP contribution in [0.25, 0.3) is 11.0 Å². The number of likely N-dealkylation sites (tertiary alicyclic amines) is 1. The SMILES string of the molecule is N#Cc1cc(F)c(OCc2nccc(OC3CCN(Cc4nc5c(F)cc(C(=O)O)cc5n4C[C@@H]4CCO4)CC3)n2)cc1F. The van der Waals surface area contributed by atoms with Crippen LogP contribution in [-0.4, -0.2) is 67.4 Å². The molecule has 2 aromatic carbocycles. The first-order valence-corrected chi connectivity index (χ1v) is 14.0. The van der Waals surface area contributed by atoms with Gasteiger partial charge < -0.3 is 23.9 Å². The van der Waals surface area contributed by atoms with Gasteiger partial charge in [-0.25, -0.2) is 27.9 Å². The Morgan fingerprint density at radius 2 is 1.89 bits per heavy atom. The number of carbonyl (C=O) groups is 1. The average Bonchev–Trinajstić information content (AvgIpc) is 3.33. The zero-order valence-electron chi connectivity index (χ0n) is 23.4. The second-order valence-electron chi connectivity index (χ2n) is 10.6. The summed E-state index contributed by atoms with van der Waals surface area (Å²) in [5.41, 5.74) is 0.0162. The molecular formula is C30H27F3N6O5. The lowest BCUT2D eigenvalue weighted by molar-refractivity contribution is -0.0592. The topological polar surface area (TPSA) is 136 Å². The van der Waals surface area contributed by atoms with Crippen LogP contribution in [0.4, 0.5) is 13.2 Å². The molecule has 2 fully saturated rings. The molecule has 2 aromatic heterocycles. The third-order valence-electron chi connectivity index (χ3n) is 7.68. The maximum Gasteiger partial charge on any atom is 0.335 e. The molecule has 1 N–H and O–H groups in total. The Balaban J connectivity index is 1.08. The Hall–Kier alpha value is -4.74. The van der Waals surface area contributed by atoms with E-state index in [9.17, 15) is 23.1 Å². The van der Waals surface area contributed by atoms with Gasteiger partial charge in [0.25, 0.3) is 0 Å². The van der Waals surface area contributed by atoms with E-state index in [4.69, 9.17) is 19.5 Å². The number of carboxylic acids is 1. The first kappa shape index (κ1) is 29.3. The zero-order chi connectivity index (χ0) is 30.8. The number of nitrogens with zero attached hydrogens (tertiary/aromatic N) is 6. The highest BCUT2D eigenvalue weighted by Gasteiger charge is 2.27. The summed E-state index contributed by atoms with van der Waals surface area (Å²) in [6, 6.07) is 7.19. The van der Waals surface area contributed by atoms with Gasteiger partial charge in [0.1, 0.15) is 35.9 Å². The number of imidazole rings is 1. The molecule has 0 aliphatic carbocycles. The van der Waals surface area contributed by atoms with E-state index in [0.717, 1.165) is 24.6 Å². The summed E-state index contributed by atoms with van der Waals surface area (Å²) in [6.07, 6.45) is 3.53. The smallest absolute Gasteiger partial charge is 0.335 e. The lowest BCUT2D eigenvalue weighted by Crippen LogP contribution is -2.39. The van der Waals surface area contributed by atoms with Crippen molar-refractivity contribution in [3.63, 3.8) is 0 Å². The standard InChI is InChI=1S/C30H27F3N6O5/c31-21-12-25(22(32)10-18(21)13-34)43-16-26-35-5-1-28(36-26)44-19-2-6-38(7-3-19)15-27-37-29-23(33)9-17(30(40)41)11-24(29)39(27)14-20-4-8-42-20/h1,5,9-12,19-20H,2-4,6-8,14-16H2,(H,40,41)/t20-/m0/s1. The fraction of sp³-hybridized carbons (Fsp3) is 0.367. The van der Waals surface area contributed by atoms with E-state index in [0.29, 0.717) is 62.8 Å². The van der Waals surface area contributed by atoms with Crippen LogP contribution in [0.15, 0.2) is 36.5 Å². The molecule has 0 radical (unpaired) electrons. The van der Waals surface area contributed by atoms with Crippen molar-refractivity contribution in [3.8, 4) is 17.7 Å². The highest BCUT2D eigenvalue weighted by atomic mass is 19.1.